The maximum absolute atomic E-state index is 12.8. The summed E-state index contributed by atoms with van der Waals surface area (Å²) < 4.78 is 6.58. The van der Waals surface area contributed by atoms with Crippen molar-refractivity contribution in [2.24, 2.45) is 5.92 Å². The van der Waals surface area contributed by atoms with Crippen molar-refractivity contribution in [3.8, 4) is 11.4 Å². The Hall–Kier alpha value is -3.61. The Morgan fingerprint density at radius 1 is 1.06 bits per heavy atom. The molecule has 1 fully saturated rings. The van der Waals surface area contributed by atoms with E-state index in [0.29, 0.717) is 30.3 Å². The Balaban J connectivity index is 1.43. The number of ether oxygens (including phenoxy) is 1. The van der Waals surface area contributed by atoms with Crippen LogP contribution >= 0.6 is 0 Å². The highest BCUT2D eigenvalue weighted by atomic mass is 16.5. The zero-order valence-electron chi connectivity index (χ0n) is 19.2. The van der Waals surface area contributed by atoms with Gasteiger partial charge in [0.25, 0.3) is 5.56 Å². The lowest BCUT2D eigenvalue weighted by molar-refractivity contribution is -0.125. The molecule has 2 aromatic carbocycles. The molecule has 172 valence electrons. The second-order valence-corrected chi connectivity index (χ2v) is 8.31. The predicted octanol–water partition coefficient (Wildman–Crippen LogP) is 3.34. The van der Waals surface area contributed by atoms with Gasteiger partial charge in [0.1, 0.15) is 11.6 Å². The normalized spacial score (nSPS) is 15.8. The highest BCUT2D eigenvalue weighted by molar-refractivity contribution is 5.79. The van der Waals surface area contributed by atoms with Crippen LogP contribution in [0.3, 0.4) is 0 Å². The first kappa shape index (κ1) is 22.6. The second-order valence-electron chi connectivity index (χ2n) is 8.31. The molecule has 33 heavy (non-hydrogen) atoms. The van der Waals surface area contributed by atoms with Crippen LogP contribution in [0.2, 0.25) is 0 Å². The van der Waals surface area contributed by atoms with E-state index in [1.54, 1.807) is 37.4 Å². The summed E-state index contributed by atoms with van der Waals surface area (Å²) in [5, 5.41) is 7.67. The molecule has 7 heteroatoms. The van der Waals surface area contributed by atoms with Gasteiger partial charge >= 0.3 is 0 Å². The monoisotopic (exact) mass is 446 g/mol. The number of carbonyl (C=O) groups is 1. The molecular formula is C26H30N4O3. The smallest absolute Gasteiger partial charge is 0.271 e. The van der Waals surface area contributed by atoms with Crippen LogP contribution in [0.5, 0.6) is 5.75 Å². The van der Waals surface area contributed by atoms with E-state index in [1.165, 1.54) is 16.3 Å². The van der Waals surface area contributed by atoms with Gasteiger partial charge in [-0.3, -0.25) is 9.59 Å². The molecule has 1 aromatic heterocycles. The molecule has 4 rings (SSSR count). The largest absolute Gasteiger partial charge is 0.497 e. The number of hydrogen-bond acceptors (Lipinski definition) is 5. The molecule has 0 radical (unpaired) electrons. The molecule has 1 atom stereocenters. The van der Waals surface area contributed by atoms with Crippen LogP contribution < -0.4 is 20.5 Å². The van der Waals surface area contributed by atoms with Gasteiger partial charge in [0.2, 0.25) is 5.91 Å². The molecule has 1 amide bonds. The molecule has 3 aromatic rings. The molecule has 7 nitrogen and oxygen atoms in total. The number of methoxy groups -OCH3 is 1. The molecule has 1 aliphatic rings. The number of rotatable bonds is 7. The number of nitrogens with zero attached hydrogens (tertiary/aromatic N) is 3. The Morgan fingerprint density at radius 3 is 2.48 bits per heavy atom. The number of benzene rings is 2. The number of aromatic nitrogens is 2. The van der Waals surface area contributed by atoms with Gasteiger partial charge in [-0.05, 0) is 60.7 Å². The van der Waals surface area contributed by atoms with Crippen molar-refractivity contribution >= 4 is 11.7 Å². The fourth-order valence-corrected chi connectivity index (χ4v) is 4.10. The third-order valence-corrected chi connectivity index (χ3v) is 6.12. The highest BCUT2D eigenvalue weighted by Gasteiger charge is 2.26. The predicted molar refractivity (Wildman–Crippen MR) is 129 cm³/mol. The molecule has 0 saturated carbocycles. The number of nitrogens with one attached hydrogen (secondary N) is 1. The second kappa shape index (κ2) is 10.3. The number of hydrogen-bond donors (Lipinski definition) is 1. The first-order valence-electron chi connectivity index (χ1n) is 11.4. The van der Waals surface area contributed by atoms with E-state index < -0.39 is 0 Å². The third kappa shape index (κ3) is 5.42. The summed E-state index contributed by atoms with van der Waals surface area (Å²) in [6.07, 6.45) is 2.74. The lowest BCUT2D eigenvalue weighted by atomic mass is 9.97. The maximum Gasteiger partial charge on any atom is 0.271 e. The van der Waals surface area contributed by atoms with Crippen LogP contribution in [0.15, 0.2) is 65.5 Å². The van der Waals surface area contributed by atoms with Crippen LogP contribution in [0.1, 0.15) is 30.9 Å². The van der Waals surface area contributed by atoms with Gasteiger partial charge in [0.05, 0.1) is 18.7 Å². The Kier molecular flexibility index (Phi) is 7.07. The summed E-state index contributed by atoms with van der Waals surface area (Å²) in [5.74, 6) is 1.35. The van der Waals surface area contributed by atoms with Crippen LogP contribution in [0, 0.1) is 5.92 Å². The lowest BCUT2D eigenvalue weighted by Crippen LogP contribution is -2.43. The summed E-state index contributed by atoms with van der Waals surface area (Å²) in [6, 6.07) is 18.8. The van der Waals surface area contributed by atoms with Crippen LogP contribution in [-0.4, -0.2) is 35.9 Å². The molecule has 0 aliphatic carbocycles. The van der Waals surface area contributed by atoms with E-state index in [4.69, 9.17) is 4.74 Å². The summed E-state index contributed by atoms with van der Waals surface area (Å²) in [4.78, 5) is 27.4. The maximum atomic E-state index is 12.8. The van der Waals surface area contributed by atoms with Gasteiger partial charge in [0, 0.05) is 25.7 Å². The fraction of sp³-hybridized carbons (Fsp3) is 0.346. The minimum Gasteiger partial charge on any atom is -0.497 e. The lowest BCUT2D eigenvalue weighted by Gasteiger charge is -2.33. The summed E-state index contributed by atoms with van der Waals surface area (Å²) >= 11 is 0. The van der Waals surface area contributed by atoms with E-state index >= 15 is 0 Å². The number of amides is 1. The van der Waals surface area contributed by atoms with E-state index in [0.717, 1.165) is 31.4 Å². The van der Waals surface area contributed by atoms with Crippen LogP contribution in [0.4, 0.5) is 5.82 Å². The standard InChI is InChI=1S/C26H30N4O3/c1-3-19-6-8-20(9-7-19)17-27-26(32)21-5-4-16-29(18-21)24-14-15-25(31)30(28-24)22-10-12-23(33-2)13-11-22/h6-15,21H,3-5,16-18H2,1-2H3,(H,27,32). The quantitative estimate of drug-likeness (QED) is 0.602. The van der Waals surface area contributed by atoms with E-state index in [1.807, 2.05) is 0 Å². The number of carbonyl (C=O) groups excluding carboxylic acids is 1. The Labute approximate surface area is 194 Å². The topological polar surface area (TPSA) is 76.5 Å². The van der Waals surface area contributed by atoms with E-state index in [9.17, 15) is 9.59 Å². The highest BCUT2D eigenvalue weighted by Crippen LogP contribution is 2.22. The molecule has 0 spiro atoms. The number of piperidine rings is 1. The molecule has 1 N–H and O–H groups in total. The van der Waals surface area contributed by atoms with Crippen molar-refractivity contribution in [2.75, 3.05) is 25.1 Å². The van der Waals surface area contributed by atoms with E-state index in [2.05, 4.69) is 46.5 Å². The van der Waals surface area contributed by atoms with Gasteiger partial charge in [-0.25, -0.2) is 0 Å². The van der Waals surface area contributed by atoms with Crippen molar-refractivity contribution < 1.29 is 9.53 Å². The molecule has 1 unspecified atom stereocenters. The van der Waals surface area contributed by atoms with Crippen molar-refractivity contribution in [2.45, 2.75) is 32.7 Å². The van der Waals surface area contributed by atoms with Crippen LogP contribution in [-0.2, 0) is 17.8 Å². The summed E-state index contributed by atoms with van der Waals surface area (Å²) in [6.45, 7) is 4.04. The average Bonchev–Trinajstić information content (AvgIpc) is 2.88. The number of aryl methyl sites for hydroxylation is 1. The zero-order valence-corrected chi connectivity index (χ0v) is 19.2. The van der Waals surface area contributed by atoms with Crippen molar-refractivity contribution in [1.29, 1.82) is 0 Å². The Morgan fingerprint density at radius 2 is 1.79 bits per heavy atom. The molecule has 1 aliphatic heterocycles. The van der Waals surface area contributed by atoms with Crippen LogP contribution in [0.25, 0.3) is 5.69 Å². The van der Waals surface area contributed by atoms with Gasteiger partial charge in [-0.15, -0.1) is 5.10 Å². The summed E-state index contributed by atoms with van der Waals surface area (Å²) in [7, 11) is 1.60. The van der Waals surface area contributed by atoms with Gasteiger partial charge in [-0.1, -0.05) is 31.2 Å². The first-order chi connectivity index (χ1) is 16.1. The number of anilines is 1. The van der Waals surface area contributed by atoms with Crippen molar-refractivity contribution in [3.05, 3.63) is 82.1 Å². The van der Waals surface area contributed by atoms with Crippen molar-refractivity contribution in [1.82, 2.24) is 15.1 Å². The van der Waals surface area contributed by atoms with Gasteiger partial charge in [-0.2, -0.15) is 4.68 Å². The minimum atomic E-state index is -0.204. The molecule has 0 bridgehead atoms. The molecular weight excluding hydrogens is 416 g/mol. The fourth-order valence-electron chi connectivity index (χ4n) is 4.10. The minimum absolute atomic E-state index is 0.0581. The molecule has 1 saturated heterocycles. The Bertz CT molecular complexity index is 1140. The first-order valence-corrected chi connectivity index (χ1v) is 11.4. The SMILES string of the molecule is CCc1ccc(CNC(=O)C2CCCN(c3ccc(=O)n(-c4ccc(OC)cc4)n3)C2)cc1. The van der Waals surface area contributed by atoms with E-state index in [-0.39, 0.29) is 17.4 Å². The summed E-state index contributed by atoms with van der Waals surface area (Å²) in [5.41, 5.74) is 2.85. The third-order valence-electron chi connectivity index (χ3n) is 6.12. The van der Waals surface area contributed by atoms with Gasteiger partial charge < -0.3 is 15.0 Å². The molecule has 2 heterocycles. The average molecular weight is 447 g/mol. The van der Waals surface area contributed by atoms with Crippen molar-refractivity contribution in [3.63, 3.8) is 0 Å². The zero-order chi connectivity index (χ0) is 23.2. The van der Waals surface area contributed by atoms with Gasteiger partial charge in [0.15, 0.2) is 0 Å².